The smallest absolute Gasteiger partial charge is 0.225 e. The molecule has 0 saturated heterocycles. The van der Waals surface area contributed by atoms with E-state index >= 15 is 0 Å². The van der Waals surface area contributed by atoms with E-state index in [1.807, 2.05) is 42.5 Å². The Bertz CT molecular complexity index is 949. The summed E-state index contributed by atoms with van der Waals surface area (Å²) < 4.78 is 7.62. The van der Waals surface area contributed by atoms with Crippen molar-refractivity contribution in [1.29, 1.82) is 0 Å². The van der Waals surface area contributed by atoms with Gasteiger partial charge in [0.15, 0.2) is 0 Å². The zero-order valence-corrected chi connectivity index (χ0v) is 18.5. The van der Waals surface area contributed by atoms with Gasteiger partial charge in [0, 0.05) is 33.5 Å². The number of halogens is 1. The number of methoxy groups -OCH3 is 1. The van der Waals surface area contributed by atoms with Gasteiger partial charge in [0.25, 0.3) is 0 Å². The Morgan fingerprint density at radius 2 is 2.04 bits per heavy atom. The second kappa shape index (κ2) is 9.94. The van der Waals surface area contributed by atoms with E-state index < -0.39 is 0 Å². The van der Waals surface area contributed by atoms with Crippen molar-refractivity contribution in [3.63, 3.8) is 0 Å². The van der Waals surface area contributed by atoms with Crippen molar-refractivity contribution in [1.82, 2.24) is 20.2 Å². The maximum absolute atomic E-state index is 12.4. The van der Waals surface area contributed by atoms with E-state index in [2.05, 4.69) is 36.8 Å². The maximum atomic E-state index is 12.4. The predicted octanol–water partition coefficient (Wildman–Crippen LogP) is 4.25. The van der Waals surface area contributed by atoms with E-state index in [1.54, 1.807) is 30.6 Å². The zero-order valence-electron chi connectivity index (χ0n) is 15.3. The SMILES string of the molecule is COc1ccc(SCCC(=O)Nc2cc(Br)ccc2Sc2nnnn2C)cc1. The molecule has 3 rings (SSSR count). The number of aryl methyl sites for hydroxylation is 1. The lowest BCUT2D eigenvalue weighted by Crippen LogP contribution is -2.13. The first kappa shape index (κ1) is 20.7. The number of nitrogens with zero attached hydrogens (tertiary/aromatic N) is 4. The maximum Gasteiger partial charge on any atom is 0.225 e. The molecular formula is C18H18BrN5O2S2. The summed E-state index contributed by atoms with van der Waals surface area (Å²) in [5.41, 5.74) is 0.724. The van der Waals surface area contributed by atoms with Gasteiger partial charge in [-0.1, -0.05) is 15.9 Å². The number of hydrogen-bond donors (Lipinski definition) is 1. The van der Waals surface area contributed by atoms with Gasteiger partial charge in [0.2, 0.25) is 11.1 Å². The van der Waals surface area contributed by atoms with Gasteiger partial charge in [0.05, 0.1) is 12.8 Å². The Morgan fingerprint density at radius 3 is 2.71 bits per heavy atom. The molecule has 146 valence electrons. The van der Waals surface area contributed by atoms with E-state index in [0.717, 1.165) is 25.7 Å². The lowest BCUT2D eigenvalue weighted by molar-refractivity contribution is -0.115. The third kappa shape index (κ3) is 5.73. The summed E-state index contributed by atoms with van der Waals surface area (Å²) >= 11 is 6.48. The van der Waals surface area contributed by atoms with Crippen molar-refractivity contribution in [3.8, 4) is 5.75 Å². The average Bonchev–Trinajstić information content (AvgIpc) is 3.09. The van der Waals surface area contributed by atoms with Gasteiger partial charge in [-0.05, 0) is 64.7 Å². The fraction of sp³-hybridized carbons (Fsp3) is 0.222. The van der Waals surface area contributed by atoms with Crippen LogP contribution in [0.4, 0.5) is 5.69 Å². The second-order valence-electron chi connectivity index (χ2n) is 5.65. The molecule has 0 saturated carbocycles. The first-order chi connectivity index (χ1) is 13.5. The predicted molar refractivity (Wildman–Crippen MR) is 114 cm³/mol. The molecule has 1 heterocycles. The third-order valence-electron chi connectivity index (χ3n) is 3.66. The molecule has 0 aliphatic heterocycles. The highest BCUT2D eigenvalue weighted by atomic mass is 79.9. The molecule has 1 aromatic heterocycles. The molecule has 10 heteroatoms. The Hall–Kier alpha value is -2.04. The van der Waals surface area contributed by atoms with Gasteiger partial charge in [-0.3, -0.25) is 4.79 Å². The van der Waals surface area contributed by atoms with Crippen LogP contribution in [0.3, 0.4) is 0 Å². The van der Waals surface area contributed by atoms with Crippen LogP contribution >= 0.6 is 39.5 Å². The molecule has 0 aliphatic rings. The van der Waals surface area contributed by atoms with Crippen LogP contribution in [0, 0.1) is 0 Å². The topological polar surface area (TPSA) is 81.9 Å². The fourth-order valence-electron chi connectivity index (χ4n) is 2.24. The number of hydrogen-bond acceptors (Lipinski definition) is 7. The molecule has 7 nitrogen and oxygen atoms in total. The summed E-state index contributed by atoms with van der Waals surface area (Å²) in [4.78, 5) is 14.4. The highest BCUT2D eigenvalue weighted by Gasteiger charge is 2.12. The minimum atomic E-state index is -0.0444. The Kier molecular flexibility index (Phi) is 7.35. The largest absolute Gasteiger partial charge is 0.497 e. The summed E-state index contributed by atoms with van der Waals surface area (Å²) in [6.07, 6.45) is 0.402. The number of nitrogens with one attached hydrogen (secondary N) is 1. The first-order valence-corrected chi connectivity index (χ1v) is 10.9. The van der Waals surface area contributed by atoms with Gasteiger partial charge < -0.3 is 10.1 Å². The minimum absolute atomic E-state index is 0.0444. The number of carbonyl (C=O) groups is 1. The Balaban J connectivity index is 1.58. The zero-order chi connectivity index (χ0) is 19.9. The van der Waals surface area contributed by atoms with Crippen LogP contribution in [-0.2, 0) is 11.8 Å². The molecular weight excluding hydrogens is 462 g/mol. The van der Waals surface area contributed by atoms with Gasteiger partial charge in [-0.2, -0.15) is 0 Å². The van der Waals surface area contributed by atoms with Crippen molar-refractivity contribution in [3.05, 3.63) is 46.9 Å². The van der Waals surface area contributed by atoms with Crippen LogP contribution in [0.25, 0.3) is 0 Å². The Morgan fingerprint density at radius 1 is 1.25 bits per heavy atom. The third-order valence-corrected chi connectivity index (χ3v) is 6.27. The number of tetrazole rings is 1. The molecule has 0 atom stereocenters. The van der Waals surface area contributed by atoms with Crippen molar-refractivity contribution in [2.45, 2.75) is 21.4 Å². The standard InChI is InChI=1S/C18H18BrN5O2S2/c1-24-18(21-22-23-24)28-16-8-3-12(19)11-15(16)20-17(25)9-10-27-14-6-4-13(26-2)5-7-14/h3-8,11H,9-10H2,1-2H3,(H,20,25). The fourth-order valence-corrected chi connectivity index (χ4v) is 4.25. The molecule has 2 aromatic carbocycles. The highest BCUT2D eigenvalue weighted by molar-refractivity contribution is 9.10. The van der Waals surface area contributed by atoms with E-state index in [-0.39, 0.29) is 5.91 Å². The average molecular weight is 480 g/mol. The summed E-state index contributed by atoms with van der Waals surface area (Å²) in [6.45, 7) is 0. The van der Waals surface area contributed by atoms with Crippen molar-refractivity contribution in [2.75, 3.05) is 18.2 Å². The minimum Gasteiger partial charge on any atom is -0.497 e. The van der Waals surface area contributed by atoms with Crippen LogP contribution in [0.2, 0.25) is 0 Å². The van der Waals surface area contributed by atoms with E-state index in [4.69, 9.17) is 4.74 Å². The molecule has 0 radical (unpaired) electrons. The monoisotopic (exact) mass is 479 g/mol. The van der Waals surface area contributed by atoms with Crippen LogP contribution in [-0.4, -0.2) is 39.0 Å². The summed E-state index contributed by atoms with van der Waals surface area (Å²) in [7, 11) is 3.41. The normalized spacial score (nSPS) is 10.7. The van der Waals surface area contributed by atoms with Crippen molar-refractivity contribution in [2.24, 2.45) is 7.05 Å². The lowest BCUT2D eigenvalue weighted by atomic mass is 10.3. The molecule has 28 heavy (non-hydrogen) atoms. The molecule has 0 spiro atoms. The Labute approximate surface area is 179 Å². The molecule has 0 unspecified atom stereocenters. The summed E-state index contributed by atoms with van der Waals surface area (Å²) in [5.74, 6) is 1.46. The molecule has 1 N–H and O–H groups in total. The number of anilines is 1. The van der Waals surface area contributed by atoms with Gasteiger partial charge >= 0.3 is 0 Å². The number of amides is 1. The van der Waals surface area contributed by atoms with Crippen LogP contribution in [0.5, 0.6) is 5.75 Å². The number of aromatic nitrogens is 4. The molecule has 1 amide bonds. The lowest BCUT2D eigenvalue weighted by Gasteiger charge is -2.11. The molecule has 0 bridgehead atoms. The van der Waals surface area contributed by atoms with E-state index in [0.29, 0.717) is 17.3 Å². The number of rotatable bonds is 8. The molecule has 3 aromatic rings. The van der Waals surface area contributed by atoms with Crippen LogP contribution in [0.15, 0.2) is 61.9 Å². The first-order valence-electron chi connectivity index (χ1n) is 8.31. The van der Waals surface area contributed by atoms with E-state index in [1.165, 1.54) is 11.8 Å². The number of thioether (sulfide) groups is 1. The number of benzene rings is 2. The molecule has 0 fully saturated rings. The van der Waals surface area contributed by atoms with E-state index in [9.17, 15) is 4.79 Å². The summed E-state index contributed by atoms with van der Waals surface area (Å²) in [5, 5.41) is 15.1. The quantitative estimate of drug-likeness (QED) is 0.483. The second-order valence-corrected chi connectivity index (χ2v) is 8.74. The molecule has 0 aliphatic carbocycles. The highest BCUT2D eigenvalue weighted by Crippen LogP contribution is 2.34. The van der Waals surface area contributed by atoms with Crippen molar-refractivity contribution >= 4 is 51.0 Å². The number of carbonyl (C=O) groups excluding carboxylic acids is 1. The summed E-state index contributed by atoms with van der Waals surface area (Å²) in [6, 6.07) is 13.5. The van der Waals surface area contributed by atoms with Gasteiger partial charge in [-0.25, -0.2) is 4.68 Å². The van der Waals surface area contributed by atoms with Crippen LogP contribution in [0.1, 0.15) is 6.42 Å². The van der Waals surface area contributed by atoms with Crippen molar-refractivity contribution < 1.29 is 9.53 Å². The van der Waals surface area contributed by atoms with Crippen LogP contribution < -0.4 is 10.1 Å². The number of ether oxygens (including phenoxy) is 1. The van der Waals surface area contributed by atoms with Gasteiger partial charge in [-0.15, -0.1) is 16.9 Å². The van der Waals surface area contributed by atoms with Gasteiger partial charge in [0.1, 0.15) is 5.75 Å².